The quantitative estimate of drug-likeness (QED) is 0.877. The van der Waals surface area contributed by atoms with Gasteiger partial charge in [0.25, 0.3) is 0 Å². The van der Waals surface area contributed by atoms with Crippen LogP contribution in [0, 0.1) is 11.7 Å². The molecule has 2 rings (SSSR count). The van der Waals surface area contributed by atoms with Gasteiger partial charge < -0.3 is 9.84 Å². The van der Waals surface area contributed by atoms with Gasteiger partial charge >= 0.3 is 0 Å². The highest BCUT2D eigenvalue weighted by molar-refractivity contribution is 6.30. The Bertz CT molecular complexity index is 601. The van der Waals surface area contributed by atoms with E-state index in [0.717, 1.165) is 11.3 Å². The smallest absolute Gasteiger partial charge is 0.144 e. The normalized spacial score (nSPS) is 12.2. The summed E-state index contributed by atoms with van der Waals surface area (Å²) in [5.74, 6) is 0.287. The lowest BCUT2D eigenvalue weighted by molar-refractivity contribution is 0.223. The molecule has 0 aliphatic carbocycles. The van der Waals surface area contributed by atoms with Crippen molar-refractivity contribution in [3.63, 3.8) is 0 Å². The number of ether oxygens (including phenoxy) is 1. The van der Waals surface area contributed by atoms with Gasteiger partial charge in [-0.2, -0.15) is 0 Å². The minimum Gasteiger partial charge on any atom is -0.496 e. The first-order chi connectivity index (χ1) is 10.2. The highest BCUT2D eigenvalue weighted by Gasteiger charge is 2.15. The zero-order chi connectivity index (χ0) is 15.2. The molecular weight excluding hydrogens is 291 g/mol. The topological polar surface area (TPSA) is 29.5 Å². The fourth-order valence-corrected chi connectivity index (χ4v) is 2.60. The van der Waals surface area contributed by atoms with Crippen LogP contribution in [0.3, 0.4) is 0 Å². The van der Waals surface area contributed by atoms with Gasteiger partial charge in [0.1, 0.15) is 11.6 Å². The van der Waals surface area contributed by atoms with Crippen LogP contribution >= 0.6 is 11.6 Å². The van der Waals surface area contributed by atoms with E-state index in [0.29, 0.717) is 18.4 Å². The molecule has 2 aromatic rings. The number of hydrogen-bond acceptors (Lipinski definition) is 2. The first-order valence-electron chi connectivity index (χ1n) is 6.81. The first kappa shape index (κ1) is 15.8. The van der Waals surface area contributed by atoms with Crippen molar-refractivity contribution in [1.82, 2.24) is 0 Å². The van der Waals surface area contributed by atoms with Crippen molar-refractivity contribution in [2.45, 2.75) is 12.8 Å². The van der Waals surface area contributed by atoms with Gasteiger partial charge in [0.05, 0.1) is 12.1 Å². The molecule has 0 aliphatic heterocycles. The van der Waals surface area contributed by atoms with Crippen LogP contribution in [0.15, 0.2) is 42.5 Å². The zero-order valence-electron chi connectivity index (χ0n) is 11.9. The van der Waals surface area contributed by atoms with Gasteiger partial charge in [-0.05, 0) is 42.0 Å². The number of benzene rings is 2. The van der Waals surface area contributed by atoms with Crippen molar-refractivity contribution in [1.29, 1.82) is 0 Å². The lowest BCUT2D eigenvalue weighted by atomic mass is 9.92. The zero-order valence-corrected chi connectivity index (χ0v) is 12.6. The Morgan fingerprint density at radius 2 is 1.76 bits per heavy atom. The standard InChI is InChI=1S/C17H18ClFO2/c1-21-16-8-3-2-5-13(16)9-12(11-20)10-14-6-4-7-15(18)17(14)19/h2-8,12,20H,9-11H2,1H3. The van der Waals surface area contributed by atoms with E-state index in [2.05, 4.69) is 0 Å². The predicted molar refractivity (Wildman–Crippen MR) is 82.4 cm³/mol. The Labute approximate surface area is 129 Å². The van der Waals surface area contributed by atoms with E-state index in [4.69, 9.17) is 16.3 Å². The maximum absolute atomic E-state index is 13.9. The van der Waals surface area contributed by atoms with Gasteiger partial charge in [0, 0.05) is 6.61 Å². The molecule has 0 radical (unpaired) electrons. The van der Waals surface area contributed by atoms with Crippen LogP contribution in [0.25, 0.3) is 0 Å². The van der Waals surface area contributed by atoms with Gasteiger partial charge in [-0.25, -0.2) is 4.39 Å². The first-order valence-corrected chi connectivity index (χ1v) is 7.19. The van der Waals surface area contributed by atoms with Crippen molar-refractivity contribution in [3.8, 4) is 5.75 Å². The second kappa shape index (κ2) is 7.43. The molecule has 2 nitrogen and oxygen atoms in total. The molecule has 1 unspecified atom stereocenters. The average Bonchev–Trinajstić information content (AvgIpc) is 2.51. The monoisotopic (exact) mass is 308 g/mol. The molecule has 0 aliphatic rings. The number of aliphatic hydroxyl groups excluding tert-OH is 1. The summed E-state index contributed by atoms with van der Waals surface area (Å²) in [5, 5.41) is 9.69. The highest BCUT2D eigenvalue weighted by atomic mass is 35.5. The lowest BCUT2D eigenvalue weighted by Crippen LogP contribution is -2.14. The molecule has 0 bridgehead atoms. The molecule has 0 saturated heterocycles. The summed E-state index contributed by atoms with van der Waals surface area (Å²) < 4.78 is 19.3. The number of aliphatic hydroxyl groups is 1. The third-order valence-corrected chi connectivity index (χ3v) is 3.79. The molecule has 0 spiro atoms. The van der Waals surface area contributed by atoms with Crippen molar-refractivity contribution >= 4 is 11.6 Å². The minimum absolute atomic E-state index is 0.0238. The van der Waals surface area contributed by atoms with Crippen LogP contribution < -0.4 is 4.74 Å². The SMILES string of the molecule is COc1ccccc1CC(CO)Cc1cccc(Cl)c1F. The Morgan fingerprint density at radius 1 is 1.10 bits per heavy atom. The fraction of sp³-hybridized carbons (Fsp3) is 0.294. The molecule has 21 heavy (non-hydrogen) atoms. The van der Waals surface area contributed by atoms with E-state index in [1.807, 2.05) is 24.3 Å². The van der Waals surface area contributed by atoms with Crippen LogP contribution in [-0.2, 0) is 12.8 Å². The van der Waals surface area contributed by atoms with Crippen LogP contribution in [0.1, 0.15) is 11.1 Å². The molecule has 0 aromatic heterocycles. The average molecular weight is 309 g/mol. The molecule has 1 atom stereocenters. The van der Waals surface area contributed by atoms with E-state index >= 15 is 0 Å². The second-order valence-electron chi connectivity index (χ2n) is 4.98. The predicted octanol–water partition coefficient (Wildman–Crippen LogP) is 3.88. The molecule has 0 amide bonds. The van der Waals surface area contributed by atoms with E-state index in [9.17, 15) is 9.50 Å². The molecule has 1 N–H and O–H groups in total. The summed E-state index contributed by atoms with van der Waals surface area (Å²) in [5.41, 5.74) is 1.53. The Hall–Kier alpha value is -1.58. The van der Waals surface area contributed by atoms with Crippen molar-refractivity contribution in [2.75, 3.05) is 13.7 Å². The van der Waals surface area contributed by atoms with Crippen LogP contribution in [0.2, 0.25) is 5.02 Å². The van der Waals surface area contributed by atoms with Gasteiger partial charge in [-0.3, -0.25) is 0 Å². The largest absolute Gasteiger partial charge is 0.496 e. The van der Waals surface area contributed by atoms with E-state index < -0.39 is 5.82 Å². The molecule has 112 valence electrons. The van der Waals surface area contributed by atoms with Crippen molar-refractivity contribution < 1.29 is 14.2 Å². The molecular formula is C17H18ClFO2. The summed E-state index contributed by atoms with van der Waals surface area (Å²) in [7, 11) is 1.61. The summed E-state index contributed by atoms with van der Waals surface area (Å²) in [6.45, 7) is -0.0238. The maximum atomic E-state index is 13.9. The summed E-state index contributed by atoms with van der Waals surface area (Å²) in [4.78, 5) is 0. The van der Waals surface area contributed by atoms with Crippen molar-refractivity contribution in [3.05, 3.63) is 64.4 Å². The Kier molecular flexibility index (Phi) is 5.59. The summed E-state index contributed by atoms with van der Waals surface area (Å²) in [6.07, 6.45) is 1.05. The summed E-state index contributed by atoms with van der Waals surface area (Å²) >= 11 is 5.79. The molecule has 0 heterocycles. The van der Waals surface area contributed by atoms with Gasteiger partial charge in [0.15, 0.2) is 0 Å². The number of hydrogen-bond donors (Lipinski definition) is 1. The number of halogens is 2. The Balaban J connectivity index is 2.15. The second-order valence-corrected chi connectivity index (χ2v) is 5.39. The van der Waals surface area contributed by atoms with Gasteiger partial charge in [-0.15, -0.1) is 0 Å². The maximum Gasteiger partial charge on any atom is 0.144 e. The fourth-order valence-electron chi connectivity index (χ4n) is 2.40. The summed E-state index contributed by atoms with van der Waals surface area (Å²) in [6, 6.07) is 12.6. The highest BCUT2D eigenvalue weighted by Crippen LogP contribution is 2.25. The van der Waals surface area contributed by atoms with Gasteiger partial charge in [0.2, 0.25) is 0 Å². The van der Waals surface area contributed by atoms with E-state index in [-0.39, 0.29) is 17.5 Å². The van der Waals surface area contributed by atoms with Crippen LogP contribution in [0.4, 0.5) is 4.39 Å². The van der Waals surface area contributed by atoms with E-state index in [1.165, 1.54) is 6.07 Å². The Morgan fingerprint density at radius 3 is 2.48 bits per heavy atom. The van der Waals surface area contributed by atoms with Crippen LogP contribution in [-0.4, -0.2) is 18.8 Å². The van der Waals surface area contributed by atoms with E-state index in [1.54, 1.807) is 19.2 Å². The third-order valence-electron chi connectivity index (χ3n) is 3.50. The number of rotatable bonds is 6. The molecule has 4 heteroatoms. The molecule has 0 saturated carbocycles. The lowest BCUT2D eigenvalue weighted by Gasteiger charge is -2.17. The van der Waals surface area contributed by atoms with Gasteiger partial charge in [-0.1, -0.05) is 41.9 Å². The molecule has 2 aromatic carbocycles. The minimum atomic E-state index is -0.405. The third kappa shape index (κ3) is 3.96. The molecule has 0 fully saturated rings. The van der Waals surface area contributed by atoms with Crippen molar-refractivity contribution in [2.24, 2.45) is 5.92 Å². The number of methoxy groups -OCH3 is 1. The van der Waals surface area contributed by atoms with Crippen LogP contribution in [0.5, 0.6) is 5.75 Å². The number of para-hydroxylation sites is 1.